The molecule has 96 valence electrons. The molecule has 1 unspecified atom stereocenters. The van der Waals surface area contributed by atoms with E-state index < -0.39 is 0 Å². The fourth-order valence-corrected chi connectivity index (χ4v) is 2.50. The first kappa shape index (κ1) is 13.3. The number of hydrogen-bond acceptors (Lipinski definition) is 3. The molecule has 0 spiro atoms. The topological polar surface area (TPSA) is 67.2 Å². The molecule has 1 aliphatic heterocycles. The van der Waals surface area contributed by atoms with E-state index in [1.165, 1.54) is 0 Å². The van der Waals surface area contributed by atoms with E-state index in [4.69, 9.17) is 18.0 Å². The number of amides is 1. The maximum absolute atomic E-state index is 11.7. The molecule has 2 rings (SSSR count). The van der Waals surface area contributed by atoms with E-state index in [1.807, 2.05) is 18.2 Å². The zero-order chi connectivity index (χ0) is 13.1. The number of carbonyl (C=O) groups excluding carboxylic acids is 1. The summed E-state index contributed by atoms with van der Waals surface area (Å²) in [4.78, 5) is 12.0. The Morgan fingerprint density at radius 1 is 1.56 bits per heavy atom. The first-order chi connectivity index (χ1) is 8.58. The third-order valence-corrected chi connectivity index (χ3v) is 3.76. The molecule has 1 heterocycles. The molecular weight excluding hydrogens is 314 g/mol. The summed E-state index contributed by atoms with van der Waals surface area (Å²) in [7, 11) is 0. The Kier molecular flexibility index (Phi) is 4.19. The van der Waals surface area contributed by atoms with E-state index in [2.05, 4.69) is 26.6 Å². The minimum atomic E-state index is -0.175. The molecule has 1 saturated heterocycles. The predicted octanol–water partition coefficient (Wildman–Crippen LogP) is 1.77. The van der Waals surface area contributed by atoms with Gasteiger partial charge in [0.15, 0.2) is 0 Å². The zero-order valence-corrected chi connectivity index (χ0v) is 12.1. The van der Waals surface area contributed by atoms with Gasteiger partial charge in [0, 0.05) is 22.3 Å². The van der Waals surface area contributed by atoms with Crippen LogP contribution in [0.4, 0.5) is 5.69 Å². The Hall–Kier alpha value is -1.14. The number of nitrogens with two attached hydrogens (primary N) is 1. The minimum absolute atomic E-state index is 0.0478. The number of hydrogen-bond donors (Lipinski definition) is 3. The molecule has 1 atom stereocenters. The van der Waals surface area contributed by atoms with Crippen molar-refractivity contribution in [1.29, 1.82) is 0 Å². The lowest BCUT2D eigenvalue weighted by Gasteiger charge is -2.24. The molecule has 1 aromatic rings. The molecule has 0 aromatic heterocycles. The number of benzene rings is 1. The Labute approximate surface area is 119 Å². The Bertz CT molecular complexity index is 492. The summed E-state index contributed by atoms with van der Waals surface area (Å²) in [6, 6.07) is 5.40. The number of anilines is 1. The summed E-state index contributed by atoms with van der Waals surface area (Å²) in [5.41, 5.74) is 7.24. The van der Waals surface area contributed by atoms with E-state index in [9.17, 15) is 4.79 Å². The van der Waals surface area contributed by atoms with Gasteiger partial charge < -0.3 is 16.4 Å². The highest BCUT2D eigenvalue weighted by Gasteiger charge is 2.22. The van der Waals surface area contributed by atoms with Crippen molar-refractivity contribution >= 4 is 44.7 Å². The average molecular weight is 328 g/mol. The second-order valence-electron chi connectivity index (χ2n) is 4.19. The maximum Gasteiger partial charge on any atom is 0.242 e. The largest absolute Gasteiger partial charge is 0.389 e. The van der Waals surface area contributed by atoms with Gasteiger partial charge in [0.25, 0.3) is 0 Å². The number of thiocarbonyl (C=S) groups is 1. The molecule has 1 aliphatic rings. The summed E-state index contributed by atoms with van der Waals surface area (Å²) < 4.78 is 0.853. The highest BCUT2D eigenvalue weighted by Crippen LogP contribution is 2.25. The van der Waals surface area contributed by atoms with E-state index in [1.54, 1.807) is 0 Å². The van der Waals surface area contributed by atoms with Crippen LogP contribution in [0.5, 0.6) is 0 Å². The number of nitrogens with one attached hydrogen (secondary N) is 2. The van der Waals surface area contributed by atoms with Gasteiger partial charge in [-0.05, 0) is 47.0 Å². The van der Waals surface area contributed by atoms with Crippen LogP contribution >= 0.6 is 28.1 Å². The van der Waals surface area contributed by atoms with Crippen molar-refractivity contribution in [3.8, 4) is 0 Å². The normalized spacial score (nSPS) is 19.2. The van der Waals surface area contributed by atoms with Gasteiger partial charge in [0.05, 0.1) is 0 Å². The highest BCUT2D eigenvalue weighted by atomic mass is 79.9. The summed E-state index contributed by atoms with van der Waals surface area (Å²) in [6.07, 6.45) is 1.83. The summed E-state index contributed by atoms with van der Waals surface area (Å²) in [5, 5.41) is 6.07. The number of carbonyl (C=O) groups is 1. The van der Waals surface area contributed by atoms with Gasteiger partial charge in [0.2, 0.25) is 5.91 Å². The number of piperidine rings is 1. The Morgan fingerprint density at radius 2 is 2.33 bits per heavy atom. The van der Waals surface area contributed by atoms with Crippen LogP contribution in [-0.4, -0.2) is 23.5 Å². The van der Waals surface area contributed by atoms with Crippen molar-refractivity contribution in [1.82, 2.24) is 5.32 Å². The molecule has 18 heavy (non-hydrogen) atoms. The predicted molar refractivity (Wildman–Crippen MR) is 79.7 cm³/mol. The molecule has 6 heteroatoms. The van der Waals surface area contributed by atoms with Gasteiger partial charge in [-0.1, -0.05) is 12.2 Å². The molecule has 0 aliphatic carbocycles. The molecule has 4 nitrogen and oxygen atoms in total. The van der Waals surface area contributed by atoms with Crippen molar-refractivity contribution in [2.45, 2.75) is 18.9 Å². The quantitative estimate of drug-likeness (QED) is 0.740. The maximum atomic E-state index is 11.7. The molecule has 0 radical (unpaired) electrons. The standard InChI is InChI=1S/C12H14BrN3OS/c13-8-6-7(11(14)18)3-4-9(8)16-10-2-1-5-15-12(10)17/h3-4,6,10,16H,1-2,5H2,(H2,14,18)(H,15,17). The zero-order valence-electron chi connectivity index (χ0n) is 9.70. The molecule has 4 N–H and O–H groups in total. The van der Waals surface area contributed by atoms with Gasteiger partial charge in [-0.3, -0.25) is 4.79 Å². The molecule has 1 fully saturated rings. The first-order valence-corrected chi connectivity index (χ1v) is 6.91. The van der Waals surface area contributed by atoms with Crippen LogP contribution in [0.3, 0.4) is 0 Å². The Balaban J connectivity index is 2.14. The van der Waals surface area contributed by atoms with Crippen molar-refractivity contribution in [2.75, 3.05) is 11.9 Å². The van der Waals surface area contributed by atoms with Gasteiger partial charge in [0.1, 0.15) is 11.0 Å². The third-order valence-electron chi connectivity index (χ3n) is 2.87. The molecule has 0 bridgehead atoms. The summed E-state index contributed by atoms with van der Waals surface area (Å²) in [5.74, 6) is 0.0478. The highest BCUT2D eigenvalue weighted by molar-refractivity contribution is 9.10. The number of halogens is 1. The lowest BCUT2D eigenvalue weighted by atomic mass is 10.1. The second-order valence-corrected chi connectivity index (χ2v) is 5.48. The average Bonchev–Trinajstić information content (AvgIpc) is 2.34. The van der Waals surface area contributed by atoms with E-state index >= 15 is 0 Å². The molecule has 0 saturated carbocycles. The smallest absolute Gasteiger partial charge is 0.242 e. The van der Waals surface area contributed by atoms with Gasteiger partial charge in [-0.25, -0.2) is 0 Å². The van der Waals surface area contributed by atoms with Crippen molar-refractivity contribution in [3.05, 3.63) is 28.2 Å². The molecular formula is C12H14BrN3OS. The second kappa shape index (κ2) is 5.67. The van der Waals surface area contributed by atoms with Crippen LogP contribution in [0, 0.1) is 0 Å². The van der Waals surface area contributed by atoms with Crippen LogP contribution in [0.15, 0.2) is 22.7 Å². The van der Waals surface area contributed by atoms with Crippen LogP contribution in [0.25, 0.3) is 0 Å². The lowest BCUT2D eigenvalue weighted by Crippen LogP contribution is -2.44. The Morgan fingerprint density at radius 3 is 2.94 bits per heavy atom. The lowest BCUT2D eigenvalue weighted by molar-refractivity contribution is -0.123. The fraction of sp³-hybridized carbons (Fsp3) is 0.333. The monoisotopic (exact) mass is 327 g/mol. The SMILES string of the molecule is NC(=S)c1ccc(NC2CCCNC2=O)c(Br)c1. The summed E-state index contributed by atoms with van der Waals surface area (Å²) >= 11 is 8.37. The van der Waals surface area contributed by atoms with E-state index in [0.29, 0.717) is 4.99 Å². The van der Waals surface area contributed by atoms with Crippen LogP contribution in [-0.2, 0) is 4.79 Å². The van der Waals surface area contributed by atoms with Crippen LogP contribution in [0.2, 0.25) is 0 Å². The van der Waals surface area contributed by atoms with E-state index in [-0.39, 0.29) is 11.9 Å². The molecule has 1 aromatic carbocycles. The van der Waals surface area contributed by atoms with Gasteiger partial charge in [-0.2, -0.15) is 0 Å². The van der Waals surface area contributed by atoms with Crippen molar-refractivity contribution in [2.24, 2.45) is 5.73 Å². The minimum Gasteiger partial charge on any atom is -0.389 e. The van der Waals surface area contributed by atoms with Crippen LogP contribution < -0.4 is 16.4 Å². The molecule has 1 amide bonds. The first-order valence-electron chi connectivity index (χ1n) is 5.71. The van der Waals surface area contributed by atoms with Gasteiger partial charge >= 0.3 is 0 Å². The van der Waals surface area contributed by atoms with E-state index in [0.717, 1.165) is 35.1 Å². The summed E-state index contributed by atoms with van der Waals surface area (Å²) in [6.45, 7) is 0.762. The number of rotatable bonds is 3. The van der Waals surface area contributed by atoms with Crippen molar-refractivity contribution in [3.63, 3.8) is 0 Å². The van der Waals surface area contributed by atoms with Crippen molar-refractivity contribution < 1.29 is 4.79 Å². The van der Waals surface area contributed by atoms with Crippen LogP contribution in [0.1, 0.15) is 18.4 Å². The van der Waals surface area contributed by atoms with Gasteiger partial charge in [-0.15, -0.1) is 0 Å². The fourth-order valence-electron chi connectivity index (χ4n) is 1.88. The third kappa shape index (κ3) is 3.00.